The summed E-state index contributed by atoms with van der Waals surface area (Å²) in [6.07, 6.45) is 13.3. The second-order valence-electron chi connectivity index (χ2n) is 13.6. The molecular weight excluding hydrogens is 561 g/mol. The minimum absolute atomic E-state index is 0.222. The van der Waals surface area contributed by atoms with Crippen LogP contribution in [0.25, 0.3) is 5.57 Å². The summed E-state index contributed by atoms with van der Waals surface area (Å²) in [4.78, 5) is 0. The quantitative estimate of drug-likeness (QED) is 0.116. The van der Waals surface area contributed by atoms with Gasteiger partial charge in [0.15, 0.2) is 8.32 Å². The number of benzene rings is 2. The van der Waals surface area contributed by atoms with E-state index in [0.29, 0.717) is 58.1 Å². The lowest BCUT2D eigenvalue weighted by Gasteiger charge is -2.36. The number of hydrogen-bond acceptors (Lipinski definition) is 4. The van der Waals surface area contributed by atoms with Crippen molar-refractivity contribution in [3.8, 4) is 0 Å². The van der Waals surface area contributed by atoms with Crippen LogP contribution in [0.5, 0.6) is 0 Å². The lowest BCUT2D eigenvalue weighted by atomic mass is 9.80. The molecule has 0 amide bonds. The van der Waals surface area contributed by atoms with Crippen molar-refractivity contribution >= 4 is 13.9 Å². The second kappa shape index (κ2) is 18.6. The van der Waals surface area contributed by atoms with Crippen molar-refractivity contribution in [1.29, 1.82) is 0 Å². The van der Waals surface area contributed by atoms with E-state index in [1.54, 1.807) is 0 Å². The van der Waals surface area contributed by atoms with Gasteiger partial charge in [0, 0.05) is 0 Å². The highest BCUT2D eigenvalue weighted by Crippen LogP contribution is 2.38. The molecule has 2 unspecified atom stereocenters. The summed E-state index contributed by atoms with van der Waals surface area (Å²) in [6.45, 7) is 20.1. The Morgan fingerprint density at radius 1 is 0.841 bits per heavy atom. The highest BCUT2D eigenvalue weighted by Gasteiger charge is 2.36. The van der Waals surface area contributed by atoms with Crippen LogP contribution in [0.4, 0.5) is 0 Å². The van der Waals surface area contributed by atoms with Gasteiger partial charge >= 0.3 is 0 Å². The molecular formula is C39H58O4Si. The number of ether oxygens (including phenoxy) is 3. The Bertz CT molecular complexity index is 1190. The highest BCUT2D eigenvalue weighted by molar-refractivity contribution is 6.74. The van der Waals surface area contributed by atoms with Gasteiger partial charge in [0.2, 0.25) is 0 Å². The van der Waals surface area contributed by atoms with Gasteiger partial charge in [-0.05, 0) is 83.1 Å². The van der Waals surface area contributed by atoms with Crippen molar-refractivity contribution in [3.05, 3.63) is 101 Å². The molecule has 0 saturated heterocycles. The molecule has 0 N–H and O–H groups in total. The third-order valence-electron chi connectivity index (χ3n) is 9.16. The molecule has 0 radical (unpaired) electrons. The molecule has 0 fully saturated rings. The zero-order valence-electron chi connectivity index (χ0n) is 28.6. The van der Waals surface area contributed by atoms with Crippen LogP contribution < -0.4 is 0 Å². The molecule has 4 nitrogen and oxygen atoms in total. The summed E-state index contributed by atoms with van der Waals surface area (Å²) in [6, 6.07) is 20.0. The van der Waals surface area contributed by atoms with Crippen LogP contribution in [-0.2, 0) is 25.2 Å². The first-order valence-electron chi connectivity index (χ1n) is 16.7. The van der Waals surface area contributed by atoms with E-state index in [9.17, 15) is 0 Å². The smallest absolute Gasteiger partial charge is 0.192 e. The van der Waals surface area contributed by atoms with E-state index in [0.717, 1.165) is 12.8 Å². The molecule has 44 heavy (non-hydrogen) atoms. The van der Waals surface area contributed by atoms with Crippen LogP contribution in [0.3, 0.4) is 0 Å². The molecule has 0 spiro atoms. The third kappa shape index (κ3) is 12.2. The average molecular weight is 619 g/mol. The molecule has 0 aliphatic heterocycles. The number of rotatable bonds is 19. The second-order valence-corrected chi connectivity index (χ2v) is 18.5. The maximum atomic E-state index is 6.16. The van der Waals surface area contributed by atoms with Crippen molar-refractivity contribution in [2.24, 2.45) is 5.92 Å². The lowest BCUT2D eigenvalue weighted by molar-refractivity contribution is 0.00525. The molecule has 0 heterocycles. The molecule has 1 aliphatic carbocycles. The van der Waals surface area contributed by atoms with Crippen molar-refractivity contribution in [2.45, 2.75) is 91.0 Å². The van der Waals surface area contributed by atoms with Gasteiger partial charge in [-0.1, -0.05) is 114 Å². The van der Waals surface area contributed by atoms with Crippen molar-refractivity contribution in [1.82, 2.24) is 0 Å². The summed E-state index contributed by atoms with van der Waals surface area (Å²) in [5.74, 6) is 1.17. The molecule has 0 saturated carbocycles. The van der Waals surface area contributed by atoms with Gasteiger partial charge in [0.05, 0.1) is 46.2 Å². The van der Waals surface area contributed by atoms with Gasteiger partial charge in [-0.3, -0.25) is 0 Å². The molecule has 3 rings (SSSR count). The molecule has 2 atom stereocenters. The molecule has 2 aromatic rings. The van der Waals surface area contributed by atoms with Crippen LogP contribution in [-0.4, -0.2) is 48.0 Å². The maximum Gasteiger partial charge on any atom is 0.192 e. The van der Waals surface area contributed by atoms with Crippen LogP contribution in [0.1, 0.15) is 82.9 Å². The van der Waals surface area contributed by atoms with E-state index in [1.807, 2.05) is 0 Å². The Morgan fingerprint density at radius 3 is 2.16 bits per heavy atom. The molecule has 1 aliphatic rings. The Labute approximate surface area is 269 Å². The first-order valence-corrected chi connectivity index (χ1v) is 19.6. The Hall–Kier alpha value is -2.28. The fourth-order valence-electron chi connectivity index (χ4n) is 5.18. The van der Waals surface area contributed by atoms with Crippen LogP contribution in [0.2, 0.25) is 18.1 Å². The van der Waals surface area contributed by atoms with Crippen LogP contribution >= 0.6 is 0 Å². The first-order chi connectivity index (χ1) is 21.1. The molecule has 2 aromatic carbocycles. The van der Waals surface area contributed by atoms with Gasteiger partial charge < -0.3 is 18.6 Å². The average Bonchev–Trinajstić information content (AvgIpc) is 3.02. The van der Waals surface area contributed by atoms with Crippen molar-refractivity contribution in [3.63, 3.8) is 0 Å². The summed E-state index contributed by atoms with van der Waals surface area (Å²) < 4.78 is 23.6. The summed E-state index contributed by atoms with van der Waals surface area (Å²) in [7, 11) is -1.71. The van der Waals surface area contributed by atoms with Gasteiger partial charge in [0.25, 0.3) is 0 Å². The van der Waals surface area contributed by atoms with Gasteiger partial charge in [-0.15, -0.1) is 0 Å². The molecule has 0 aromatic heterocycles. The monoisotopic (exact) mass is 618 g/mol. The van der Waals surface area contributed by atoms with E-state index >= 15 is 0 Å². The number of hydrogen-bond donors (Lipinski definition) is 0. The Morgan fingerprint density at radius 2 is 1.52 bits per heavy atom. The van der Waals surface area contributed by atoms with E-state index in [2.05, 4.69) is 127 Å². The summed E-state index contributed by atoms with van der Waals surface area (Å²) >= 11 is 0. The first kappa shape index (κ1) is 36.2. The van der Waals surface area contributed by atoms with Crippen molar-refractivity contribution in [2.75, 3.05) is 39.6 Å². The van der Waals surface area contributed by atoms with Gasteiger partial charge in [0.1, 0.15) is 0 Å². The third-order valence-corrected chi connectivity index (χ3v) is 13.7. The maximum absolute atomic E-state index is 6.16. The molecule has 242 valence electrons. The normalized spacial score (nSPS) is 16.2. The Kier molecular flexibility index (Phi) is 15.3. The highest BCUT2D eigenvalue weighted by atomic mass is 28.4. The van der Waals surface area contributed by atoms with Crippen LogP contribution in [0.15, 0.2) is 84.5 Å². The number of allylic oxidation sites excluding steroid dienone is 6. The topological polar surface area (TPSA) is 36.9 Å². The van der Waals surface area contributed by atoms with Gasteiger partial charge in [-0.25, -0.2) is 0 Å². The van der Waals surface area contributed by atoms with E-state index in [-0.39, 0.29) is 5.04 Å². The fraction of sp³-hybridized carbons (Fsp3) is 0.538. The predicted octanol–water partition coefficient (Wildman–Crippen LogP) is 10.1. The van der Waals surface area contributed by atoms with E-state index < -0.39 is 8.32 Å². The zero-order chi connectivity index (χ0) is 31.8. The SMILES string of the molecule is CCC(C)CC(CC(=C1C=CC=CC1)c1cccc(COCCOCCOCCO[Si](C)(C)C(C)(C)C)c1)c1ccccc1. The van der Waals surface area contributed by atoms with Crippen LogP contribution in [0, 0.1) is 5.92 Å². The van der Waals surface area contributed by atoms with E-state index in [1.165, 1.54) is 40.7 Å². The standard InChI is InChI=1S/C39H58O4Si/c1-8-32(2)28-37(34-17-11-9-12-18-34)30-38(35-19-13-10-14-20-35)36-21-15-16-33(29-36)31-42-25-24-40-22-23-41-26-27-43-44(6,7)39(3,4)5/h9-19,21,29,32,37H,8,20,22-28,30-31H2,1-7H3. The zero-order valence-corrected chi connectivity index (χ0v) is 29.6. The largest absolute Gasteiger partial charge is 0.414 e. The summed E-state index contributed by atoms with van der Waals surface area (Å²) in [5.41, 5.74) is 6.79. The van der Waals surface area contributed by atoms with E-state index in [4.69, 9.17) is 18.6 Å². The lowest BCUT2D eigenvalue weighted by Crippen LogP contribution is -2.41. The Balaban J connectivity index is 1.50. The minimum Gasteiger partial charge on any atom is -0.414 e. The minimum atomic E-state index is -1.71. The van der Waals surface area contributed by atoms with Crippen molar-refractivity contribution < 1.29 is 18.6 Å². The van der Waals surface area contributed by atoms with Gasteiger partial charge in [-0.2, -0.15) is 0 Å². The molecule has 5 heteroatoms. The molecule has 0 bridgehead atoms. The fourth-order valence-corrected chi connectivity index (χ4v) is 6.21. The predicted molar refractivity (Wildman–Crippen MR) is 189 cm³/mol. The summed E-state index contributed by atoms with van der Waals surface area (Å²) in [5, 5.41) is 0.222.